The third kappa shape index (κ3) is 2.90. The molecule has 0 spiro atoms. The minimum atomic E-state index is -0.237. The quantitative estimate of drug-likeness (QED) is 0.774. The van der Waals surface area contributed by atoms with Crippen LogP contribution in [0.25, 0.3) is 0 Å². The molecule has 1 aliphatic heterocycles. The Kier molecular flexibility index (Phi) is 4.00. The fraction of sp³-hybridized carbons (Fsp3) is 0.438. The molecule has 3 rings (SSSR count). The molecule has 0 N–H and O–H groups in total. The number of ether oxygens (including phenoxy) is 3. The Morgan fingerprint density at radius 2 is 2.09 bits per heavy atom. The lowest BCUT2D eigenvalue weighted by Crippen LogP contribution is -2.10. The summed E-state index contributed by atoms with van der Waals surface area (Å²) in [4.78, 5) is 12.2. The van der Waals surface area contributed by atoms with E-state index in [1.54, 1.807) is 6.08 Å². The van der Waals surface area contributed by atoms with Crippen LogP contribution in [-0.2, 0) is 16.1 Å². The average molecular weight is 343 g/mol. The predicted octanol–water partition coefficient (Wildman–Crippen LogP) is 4.05. The van der Waals surface area contributed by atoms with Crippen molar-refractivity contribution in [2.24, 2.45) is 17.3 Å². The second-order valence-corrected chi connectivity index (χ2v) is 7.08. The molecule has 1 aliphatic carbocycles. The van der Waals surface area contributed by atoms with Crippen molar-refractivity contribution in [1.82, 2.24) is 0 Å². The summed E-state index contributed by atoms with van der Waals surface area (Å²) in [5, 5.41) is 0. The molecule has 1 heterocycles. The first-order valence-corrected chi connectivity index (χ1v) is 7.73. The van der Waals surface area contributed by atoms with Crippen LogP contribution in [0.15, 0.2) is 28.8 Å². The van der Waals surface area contributed by atoms with Gasteiger partial charge in [-0.2, -0.15) is 0 Å². The van der Waals surface area contributed by atoms with E-state index in [0.29, 0.717) is 11.5 Å². The number of carbonyl (C=O) groups excluding carboxylic acids is 1. The summed E-state index contributed by atoms with van der Waals surface area (Å²) in [5.74, 6) is 0.949. The van der Waals surface area contributed by atoms with Crippen molar-refractivity contribution in [3.63, 3.8) is 0 Å². The molecule has 0 saturated heterocycles. The Balaban J connectivity index is 1.60. The SMILES string of the molecule is CC1(C)[C@H](C=C(Cl)Cl)[C@H]1C(=O)OCc1ccc2c(c1)OCO2. The van der Waals surface area contributed by atoms with Crippen molar-refractivity contribution in [3.8, 4) is 11.5 Å². The van der Waals surface area contributed by atoms with Crippen LogP contribution in [0.3, 0.4) is 0 Å². The molecule has 1 saturated carbocycles. The van der Waals surface area contributed by atoms with Crippen LogP contribution in [0.2, 0.25) is 0 Å². The number of hydrogen-bond acceptors (Lipinski definition) is 4. The zero-order chi connectivity index (χ0) is 15.9. The van der Waals surface area contributed by atoms with Gasteiger partial charge in [0.15, 0.2) is 11.5 Å². The van der Waals surface area contributed by atoms with Crippen LogP contribution in [0.1, 0.15) is 19.4 Å². The van der Waals surface area contributed by atoms with Gasteiger partial charge in [-0.05, 0) is 35.1 Å². The molecule has 2 atom stereocenters. The molecule has 0 amide bonds. The highest BCUT2D eigenvalue weighted by Gasteiger charge is 2.61. The maximum absolute atomic E-state index is 12.2. The average Bonchev–Trinajstić information content (AvgIpc) is 2.83. The van der Waals surface area contributed by atoms with E-state index in [0.717, 1.165) is 5.56 Å². The van der Waals surface area contributed by atoms with Crippen LogP contribution in [0.5, 0.6) is 11.5 Å². The van der Waals surface area contributed by atoms with E-state index in [1.807, 2.05) is 32.0 Å². The van der Waals surface area contributed by atoms with Gasteiger partial charge in [-0.25, -0.2) is 0 Å². The molecule has 0 unspecified atom stereocenters. The number of esters is 1. The van der Waals surface area contributed by atoms with E-state index in [4.69, 9.17) is 37.4 Å². The van der Waals surface area contributed by atoms with Gasteiger partial charge in [-0.1, -0.05) is 43.1 Å². The topological polar surface area (TPSA) is 44.8 Å². The minimum Gasteiger partial charge on any atom is -0.461 e. The van der Waals surface area contributed by atoms with E-state index in [9.17, 15) is 4.79 Å². The summed E-state index contributed by atoms with van der Waals surface area (Å²) in [6.45, 7) is 4.42. The summed E-state index contributed by atoms with van der Waals surface area (Å²) in [5.41, 5.74) is 0.680. The highest BCUT2D eigenvalue weighted by Crippen LogP contribution is 2.60. The molecule has 118 valence electrons. The highest BCUT2D eigenvalue weighted by molar-refractivity contribution is 6.55. The van der Waals surface area contributed by atoms with E-state index in [-0.39, 0.29) is 41.1 Å². The number of fused-ring (bicyclic) bond motifs is 1. The van der Waals surface area contributed by atoms with Crippen molar-refractivity contribution in [2.45, 2.75) is 20.5 Å². The number of hydrogen-bond donors (Lipinski definition) is 0. The Labute approximate surface area is 138 Å². The Hall–Kier alpha value is -1.39. The van der Waals surface area contributed by atoms with Gasteiger partial charge in [0.1, 0.15) is 11.1 Å². The Bertz CT molecular complexity index is 635. The second kappa shape index (κ2) is 5.67. The standard InChI is InChI=1S/C16H16Cl2O4/c1-16(2)10(6-13(17)18)14(16)15(19)20-7-9-3-4-11-12(5-9)22-8-21-11/h3-6,10,14H,7-8H2,1-2H3/t10-,14+/m1/s1. The fourth-order valence-electron chi connectivity index (χ4n) is 2.85. The van der Waals surface area contributed by atoms with Crippen LogP contribution in [0.4, 0.5) is 0 Å². The van der Waals surface area contributed by atoms with Gasteiger partial charge in [0.2, 0.25) is 6.79 Å². The molecule has 2 aliphatic rings. The number of halogens is 2. The van der Waals surface area contributed by atoms with Crippen LogP contribution < -0.4 is 9.47 Å². The lowest BCUT2D eigenvalue weighted by atomic mass is 10.1. The summed E-state index contributed by atoms with van der Waals surface area (Å²) in [6, 6.07) is 5.48. The normalized spacial score (nSPS) is 23.8. The fourth-order valence-corrected chi connectivity index (χ4v) is 3.12. The predicted molar refractivity (Wildman–Crippen MR) is 82.9 cm³/mol. The van der Waals surface area contributed by atoms with Crippen LogP contribution >= 0.6 is 23.2 Å². The largest absolute Gasteiger partial charge is 0.461 e. The number of allylic oxidation sites excluding steroid dienone is 1. The Morgan fingerprint density at radius 1 is 1.36 bits per heavy atom. The maximum Gasteiger partial charge on any atom is 0.310 e. The molecule has 0 bridgehead atoms. The molecular formula is C16H16Cl2O4. The molecular weight excluding hydrogens is 327 g/mol. The first-order valence-electron chi connectivity index (χ1n) is 6.97. The molecule has 1 aromatic rings. The molecule has 1 aromatic carbocycles. The molecule has 0 radical (unpaired) electrons. The number of rotatable bonds is 4. The van der Waals surface area contributed by atoms with Gasteiger partial charge in [-0.15, -0.1) is 0 Å². The van der Waals surface area contributed by atoms with Crippen LogP contribution in [0, 0.1) is 17.3 Å². The zero-order valence-corrected chi connectivity index (χ0v) is 13.8. The van der Waals surface area contributed by atoms with Crippen LogP contribution in [-0.4, -0.2) is 12.8 Å². The first-order chi connectivity index (χ1) is 10.4. The van der Waals surface area contributed by atoms with Crippen molar-refractivity contribution in [3.05, 3.63) is 34.3 Å². The molecule has 6 heteroatoms. The summed E-state index contributed by atoms with van der Waals surface area (Å²) < 4.78 is 16.1. The second-order valence-electron chi connectivity index (χ2n) is 6.08. The zero-order valence-electron chi connectivity index (χ0n) is 12.3. The van der Waals surface area contributed by atoms with Crippen molar-refractivity contribution < 1.29 is 19.0 Å². The Morgan fingerprint density at radius 3 is 2.82 bits per heavy atom. The first kappa shape index (κ1) is 15.5. The summed E-state index contributed by atoms with van der Waals surface area (Å²) in [7, 11) is 0. The minimum absolute atomic E-state index is 0.0155. The molecule has 22 heavy (non-hydrogen) atoms. The van der Waals surface area contributed by atoms with Crippen molar-refractivity contribution in [2.75, 3.05) is 6.79 Å². The highest BCUT2D eigenvalue weighted by atomic mass is 35.5. The summed E-state index contributed by atoms with van der Waals surface area (Å²) in [6.07, 6.45) is 1.70. The van der Waals surface area contributed by atoms with Gasteiger partial charge in [0.05, 0.1) is 5.92 Å². The molecule has 1 fully saturated rings. The third-order valence-corrected chi connectivity index (χ3v) is 4.54. The smallest absolute Gasteiger partial charge is 0.310 e. The van der Waals surface area contributed by atoms with E-state index < -0.39 is 0 Å². The van der Waals surface area contributed by atoms with Gasteiger partial charge >= 0.3 is 5.97 Å². The maximum atomic E-state index is 12.2. The van der Waals surface area contributed by atoms with Gasteiger partial charge in [0, 0.05) is 0 Å². The number of benzene rings is 1. The lowest BCUT2D eigenvalue weighted by molar-refractivity contribution is -0.147. The third-order valence-electron chi connectivity index (χ3n) is 4.29. The van der Waals surface area contributed by atoms with Gasteiger partial charge in [0.25, 0.3) is 0 Å². The van der Waals surface area contributed by atoms with Crippen molar-refractivity contribution >= 4 is 29.2 Å². The van der Waals surface area contributed by atoms with E-state index in [1.165, 1.54) is 0 Å². The molecule has 4 nitrogen and oxygen atoms in total. The van der Waals surface area contributed by atoms with Gasteiger partial charge in [-0.3, -0.25) is 4.79 Å². The van der Waals surface area contributed by atoms with Crippen molar-refractivity contribution in [1.29, 1.82) is 0 Å². The summed E-state index contributed by atoms with van der Waals surface area (Å²) >= 11 is 11.4. The lowest BCUT2D eigenvalue weighted by Gasteiger charge is -2.06. The number of carbonyl (C=O) groups is 1. The monoisotopic (exact) mass is 342 g/mol. The van der Waals surface area contributed by atoms with Gasteiger partial charge < -0.3 is 14.2 Å². The van der Waals surface area contributed by atoms with E-state index in [2.05, 4.69) is 0 Å². The molecule has 0 aromatic heterocycles. The van der Waals surface area contributed by atoms with E-state index >= 15 is 0 Å².